The Morgan fingerprint density at radius 3 is 2.59 bits per heavy atom. The van der Waals surface area contributed by atoms with E-state index in [4.69, 9.17) is 4.74 Å². The van der Waals surface area contributed by atoms with Gasteiger partial charge >= 0.3 is 0 Å². The SMILES string of the molecule is O=C(COc1ccc(C2CCCCC2)cc1)Nc1cccc(-c2nc3ccccc3[nH]2)c1. The van der Waals surface area contributed by atoms with Crippen LogP contribution in [0.4, 0.5) is 5.69 Å². The minimum atomic E-state index is -0.192. The third-order valence-corrected chi connectivity index (χ3v) is 6.14. The normalized spacial score (nSPS) is 14.4. The lowest BCUT2D eigenvalue weighted by Gasteiger charge is -2.22. The van der Waals surface area contributed by atoms with Crippen LogP contribution in [0.2, 0.25) is 0 Å². The van der Waals surface area contributed by atoms with E-state index in [0.717, 1.165) is 28.2 Å². The summed E-state index contributed by atoms with van der Waals surface area (Å²) in [5, 5.41) is 2.91. The van der Waals surface area contributed by atoms with Crippen molar-refractivity contribution in [2.45, 2.75) is 38.0 Å². The van der Waals surface area contributed by atoms with Gasteiger partial charge in [0.05, 0.1) is 11.0 Å². The van der Waals surface area contributed by atoms with Crippen LogP contribution in [0.25, 0.3) is 22.4 Å². The summed E-state index contributed by atoms with van der Waals surface area (Å²) in [4.78, 5) is 20.4. The molecule has 4 aromatic rings. The molecule has 1 fully saturated rings. The molecule has 5 rings (SSSR count). The fraction of sp³-hybridized carbons (Fsp3) is 0.259. The number of nitrogens with one attached hydrogen (secondary N) is 2. The fourth-order valence-electron chi connectivity index (χ4n) is 4.45. The Morgan fingerprint density at radius 2 is 1.78 bits per heavy atom. The molecule has 3 aromatic carbocycles. The first-order chi connectivity index (χ1) is 15.7. The van der Waals surface area contributed by atoms with Crippen molar-refractivity contribution in [1.82, 2.24) is 9.97 Å². The van der Waals surface area contributed by atoms with Crippen molar-refractivity contribution in [3.8, 4) is 17.1 Å². The molecular formula is C27H27N3O2. The first-order valence-electron chi connectivity index (χ1n) is 11.3. The van der Waals surface area contributed by atoms with E-state index >= 15 is 0 Å². The van der Waals surface area contributed by atoms with Crippen LogP contribution in [0.1, 0.15) is 43.6 Å². The topological polar surface area (TPSA) is 67.0 Å². The Bertz CT molecular complexity index is 1170. The summed E-state index contributed by atoms with van der Waals surface area (Å²) in [7, 11) is 0. The molecular weight excluding hydrogens is 398 g/mol. The molecule has 0 saturated heterocycles. The van der Waals surface area contributed by atoms with E-state index < -0.39 is 0 Å². The number of aromatic amines is 1. The minimum absolute atomic E-state index is 0.0301. The van der Waals surface area contributed by atoms with Crippen LogP contribution in [0.3, 0.4) is 0 Å². The van der Waals surface area contributed by atoms with Gasteiger partial charge in [0.2, 0.25) is 0 Å². The Balaban J connectivity index is 1.18. The molecule has 0 radical (unpaired) electrons. The second-order valence-corrected chi connectivity index (χ2v) is 8.42. The largest absolute Gasteiger partial charge is 0.484 e. The lowest BCUT2D eigenvalue weighted by molar-refractivity contribution is -0.118. The van der Waals surface area contributed by atoms with Crippen LogP contribution in [-0.2, 0) is 4.79 Å². The number of anilines is 1. The molecule has 0 bridgehead atoms. The van der Waals surface area contributed by atoms with Gasteiger partial charge in [-0.1, -0.05) is 55.7 Å². The molecule has 0 aliphatic heterocycles. The average molecular weight is 426 g/mol. The van der Waals surface area contributed by atoms with Gasteiger partial charge in [-0.3, -0.25) is 4.79 Å². The number of fused-ring (bicyclic) bond motifs is 1. The number of carbonyl (C=O) groups is 1. The first kappa shape index (κ1) is 20.3. The zero-order chi connectivity index (χ0) is 21.8. The van der Waals surface area contributed by atoms with E-state index in [-0.39, 0.29) is 12.5 Å². The summed E-state index contributed by atoms with van der Waals surface area (Å²) in [6.45, 7) is -0.0301. The molecule has 1 aromatic heterocycles. The molecule has 1 heterocycles. The summed E-state index contributed by atoms with van der Waals surface area (Å²) in [5.74, 6) is 1.97. The van der Waals surface area contributed by atoms with Crippen molar-refractivity contribution < 1.29 is 9.53 Å². The molecule has 162 valence electrons. The fourth-order valence-corrected chi connectivity index (χ4v) is 4.45. The average Bonchev–Trinajstić information content (AvgIpc) is 3.28. The van der Waals surface area contributed by atoms with Crippen LogP contribution >= 0.6 is 0 Å². The van der Waals surface area contributed by atoms with Gasteiger partial charge in [-0.15, -0.1) is 0 Å². The van der Waals surface area contributed by atoms with E-state index in [1.54, 1.807) is 0 Å². The van der Waals surface area contributed by atoms with Crippen LogP contribution in [0, 0.1) is 0 Å². The maximum absolute atomic E-state index is 12.4. The van der Waals surface area contributed by atoms with Gasteiger partial charge in [-0.05, 0) is 60.7 Å². The van der Waals surface area contributed by atoms with Crippen molar-refractivity contribution in [1.29, 1.82) is 0 Å². The molecule has 32 heavy (non-hydrogen) atoms. The molecule has 2 N–H and O–H groups in total. The number of benzene rings is 3. The number of amides is 1. The summed E-state index contributed by atoms with van der Waals surface area (Å²) in [6, 6.07) is 23.8. The molecule has 1 saturated carbocycles. The highest BCUT2D eigenvalue weighted by Crippen LogP contribution is 2.33. The zero-order valence-electron chi connectivity index (χ0n) is 18.0. The van der Waals surface area contributed by atoms with Crippen LogP contribution < -0.4 is 10.1 Å². The predicted octanol–water partition coefficient (Wildman–Crippen LogP) is 6.30. The lowest BCUT2D eigenvalue weighted by atomic mass is 9.84. The second kappa shape index (κ2) is 9.27. The van der Waals surface area contributed by atoms with Gasteiger partial charge in [0.15, 0.2) is 6.61 Å². The van der Waals surface area contributed by atoms with Gasteiger partial charge in [0.1, 0.15) is 11.6 Å². The molecule has 1 aliphatic carbocycles. The van der Waals surface area contributed by atoms with Crippen molar-refractivity contribution in [3.05, 3.63) is 78.4 Å². The number of nitrogens with zero attached hydrogens (tertiary/aromatic N) is 1. The smallest absolute Gasteiger partial charge is 0.262 e. The lowest BCUT2D eigenvalue weighted by Crippen LogP contribution is -2.20. The van der Waals surface area contributed by atoms with E-state index in [9.17, 15) is 4.79 Å². The highest BCUT2D eigenvalue weighted by molar-refractivity contribution is 5.92. The summed E-state index contributed by atoms with van der Waals surface area (Å²) in [6.07, 6.45) is 6.54. The van der Waals surface area contributed by atoms with Crippen molar-refractivity contribution in [2.24, 2.45) is 0 Å². The molecule has 5 heteroatoms. The number of aromatic nitrogens is 2. The highest BCUT2D eigenvalue weighted by Gasteiger charge is 2.15. The third kappa shape index (κ3) is 4.67. The first-order valence-corrected chi connectivity index (χ1v) is 11.3. The van der Waals surface area contributed by atoms with Gasteiger partial charge in [0.25, 0.3) is 5.91 Å². The van der Waals surface area contributed by atoms with E-state index in [0.29, 0.717) is 11.6 Å². The summed E-state index contributed by atoms with van der Waals surface area (Å²) >= 11 is 0. The van der Waals surface area contributed by atoms with E-state index in [1.165, 1.54) is 37.7 Å². The van der Waals surface area contributed by atoms with Crippen LogP contribution in [-0.4, -0.2) is 22.5 Å². The molecule has 0 spiro atoms. The maximum atomic E-state index is 12.4. The second-order valence-electron chi connectivity index (χ2n) is 8.42. The molecule has 1 amide bonds. The van der Waals surface area contributed by atoms with E-state index in [1.807, 2.05) is 60.7 Å². The molecule has 5 nitrogen and oxygen atoms in total. The summed E-state index contributed by atoms with van der Waals surface area (Å²) in [5.41, 5.74) is 4.91. The Labute approximate surface area is 187 Å². The molecule has 0 atom stereocenters. The molecule has 0 unspecified atom stereocenters. The zero-order valence-corrected chi connectivity index (χ0v) is 18.0. The number of carbonyl (C=O) groups excluding carboxylic acids is 1. The number of ether oxygens (including phenoxy) is 1. The number of imidazole rings is 1. The van der Waals surface area contributed by atoms with Crippen LogP contribution in [0.5, 0.6) is 5.75 Å². The monoisotopic (exact) mass is 425 g/mol. The number of hydrogen-bond acceptors (Lipinski definition) is 3. The number of rotatable bonds is 6. The Morgan fingerprint density at radius 1 is 0.969 bits per heavy atom. The van der Waals surface area contributed by atoms with Gasteiger partial charge < -0.3 is 15.0 Å². The van der Waals surface area contributed by atoms with Crippen molar-refractivity contribution >= 4 is 22.6 Å². The number of para-hydroxylation sites is 2. The number of H-pyrrole nitrogens is 1. The van der Waals surface area contributed by atoms with Crippen LogP contribution in [0.15, 0.2) is 72.8 Å². The molecule has 1 aliphatic rings. The van der Waals surface area contributed by atoms with Crippen molar-refractivity contribution in [2.75, 3.05) is 11.9 Å². The van der Waals surface area contributed by atoms with Crippen molar-refractivity contribution in [3.63, 3.8) is 0 Å². The summed E-state index contributed by atoms with van der Waals surface area (Å²) < 4.78 is 5.71. The Hall–Kier alpha value is -3.60. The third-order valence-electron chi connectivity index (χ3n) is 6.14. The minimum Gasteiger partial charge on any atom is -0.484 e. The van der Waals surface area contributed by atoms with Gasteiger partial charge in [-0.2, -0.15) is 0 Å². The Kier molecular flexibility index (Phi) is 5.88. The van der Waals surface area contributed by atoms with Gasteiger partial charge in [-0.25, -0.2) is 4.98 Å². The highest BCUT2D eigenvalue weighted by atomic mass is 16.5. The quantitative estimate of drug-likeness (QED) is 0.381. The predicted molar refractivity (Wildman–Crippen MR) is 128 cm³/mol. The van der Waals surface area contributed by atoms with E-state index in [2.05, 4.69) is 27.4 Å². The van der Waals surface area contributed by atoms with Gasteiger partial charge in [0, 0.05) is 11.3 Å². The maximum Gasteiger partial charge on any atom is 0.262 e. The standard InChI is InChI=1S/C27H27N3O2/c31-26(18-32-23-15-13-20(14-16-23)19-7-2-1-3-8-19)28-22-10-6-9-21(17-22)27-29-24-11-4-5-12-25(24)30-27/h4-6,9-17,19H,1-3,7-8,18H2,(H,28,31)(H,29,30). The number of hydrogen-bond donors (Lipinski definition) is 2.